The zero-order valence-electron chi connectivity index (χ0n) is 14.0. The summed E-state index contributed by atoms with van der Waals surface area (Å²) in [6.45, 7) is 7.52. The summed E-state index contributed by atoms with van der Waals surface area (Å²) in [5.74, 6) is 0.557. The second kappa shape index (κ2) is 8.90. The van der Waals surface area contributed by atoms with Crippen molar-refractivity contribution in [3.05, 3.63) is 36.5 Å². The lowest BCUT2D eigenvalue weighted by atomic mass is 10.1. The van der Waals surface area contributed by atoms with Crippen LogP contribution in [-0.4, -0.2) is 54.2 Å². The average molecular weight is 332 g/mol. The van der Waals surface area contributed by atoms with E-state index < -0.39 is 0 Å². The van der Waals surface area contributed by atoms with Gasteiger partial charge in [0.1, 0.15) is 5.82 Å². The lowest BCUT2D eigenvalue weighted by Crippen LogP contribution is -2.42. The van der Waals surface area contributed by atoms with E-state index in [1.54, 1.807) is 36.2 Å². The van der Waals surface area contributed by atoms with Gasteiger partial charge < -0.3 is 20.3 Å². The summed E-state index contributed by atoms with van der Waals surface area (Å²) in [7, 11) is 0. The second-order valence-corrected chi connectivity index (χ2v) is 5.54. The predicted molar refractivity (Wildman–Crippen MR) is 92.0 cm³/mol. The third-order valence-corrected chi connectivity index (χ3v) is 3.81. The van der Waals surface area contributed by atoms with Gasteiger partial charge in [0.2, 0.25) is 0 Å². The summed E-state index contributed by atoms with van der Waals surface area (Å²) >= 11 is 0. The van der Waals surface area contributed by atoms with Crippen molar-refractivity contribution in [3.63, 3.8) is 0 Å². The summed E-state index contributed by atoms with van der Waals surface area (Å²) in [4.78, 5) is 29.5. The number of pyridine rings is 1. The van der Waals surface area contributed by atoms with Crippen molar-refractivity contribution >= 4 is 17.8 Å². The number of likely N-dealkylation sites (tertiary alicyclic amines) is 1. The number of ether oxygens (including phenoxy) is 1. The maximum Gasteiger partial charge on any atom is 0.409 e. The largest absolute Gasteiger partial charge is 0.450 e. The van der Waals surface area contributed by atoms with Crippen LogP contribution in [-0.2, 0) is 4.74 Å². The number of anilines is 1. The number of carbonyl (C=O) groups is 2. The van der Waals surface area contributed by atoms with Gasteiger partial charge in [0, 0.05) is 31.9 Å². The Hall–Kier alpha value is -2.57. The van der Waals surface area contributed by atoms with Crippen LogP contribution in [0.3, 0.4) is 0 Å². The Balaban J connectivity index is 1.81. The number of hydrogen-bond acceptors (Lipinski definition) is 5. The van der Waals surface area contributed by atoms with Crippen LogP contribution in [0.25, 0.3) is 0 Å². The number of amides is 2. The van der Waals surface area contributed by atoms with Crippen LogP contribution in [0.1, 0.15) is 30.1 Å². The molecule has 1 fully saturated rings. The number of carbonyl (C=O) groups excluding carboxylic acids is 2. The van der Waals surface area contributed by atoms with E-state index in [9.17, 15) is 9.59 Å². The average Bonchev–Trinajstić information content (AvgIpc) is 2.61. The highest BCUT2D eigenvalue weighted by molar-refractivity contribution is 5.94. The first-order chi connectivity index (χ1) is 11.6. The van der Waals surface area contributed by atoms with E-state index in [1.807, 2.05) is 0 Å². The van der Waals surface area contributed by atoms with Gasteiger partial charge in [0.05, 0.1) is 12.2 Å². The first kappa shape index (κ1) is 17.8. The summed E-state index contributed by atoms with van der Waals surface area (Å²) in [6.07, 6.45) is 4.60. The Labute approximate surface area is 142 Å². The fraction of sp³-hybridized carbons (Fsp3) is 0.471. The second-order valence-electron chi connectivity index (χ2n) is 5.54. The molecule has 2 heterocycles. The maximum atomic E-state index is 11.8. The topological polar surface area (TPSA) is 83.6 Å². The summed E-state index contributed by atoms with van der Waals surface area (Å²) in [5, 5.41) is 6.05. The minimum atomic E-state index is -0.246. The molecular formula is C17H24N4O3. The number of nitrogens with zero attached hydrogens (tertiary/aromatic N) is 2. The molecule has 2 rings (SSSR count). The number of nitrogens with one attached hydrogen (secondary N) is 2. The van der Waals surface area contributed by atoms with Gasteiger partial charge >= 0.3 is 6.09 Å². The fourth-order valence-electron chi connectivity index (χ4n) is 2.51. The zero-order valence-corrected chi connectivity index (χ0v) is 14.0. The molecule has 0 aromatic carbocycles. The molecule has 0 spiro atoms. The smallest absolute Gasteiger partial charge is 0.409 e. The molecule has 0 aliphatic carbocycles. The summed E-state index contributed by atoms with van der Waals surface area (Å²) in [6, 6.07) is 3.78. The summed E-state index contributed by atoms with van der Waals surface area (Å²) in [5.41, 5.74) is 0.513. The molecule has 1 aliphatic rings. The van der Waals surface area contributed by atoms with Crippen LogP contribution < -0.4 is 10.6 Å². The van der Waals surface area contributed by atoms with Gasteiger partial charge in [-0.1, -0.05) is 6.08 Å². The Kier molecular flexibility index (Phi) is 6.60. The third-order valence-electron chi connectivity index (χ3n) is 3.81. The van der Waals surface area contributed by atoms with E-state index in [-0.39, 0.29) is 18.0 Å². The molecular weight excluding hydrogens is 308 g/mol. The molecule has 2 amide bonds. The molecule has 2 N–H and O–H groups in total. The van der Waals surface area contributed by atoms with E-state index in [0.29, 0.717) is 31.8 Å². The van der Waals surface area contributed by atoms with Crippen LogP contribution in [0.15, 0.2) is 31.0 Å². The van der Waals surface area contributed by atoms with Crippen molar-refractivity contribution < 1.29 is 14.3 Å². The normalized spacial score (nSPS) is 14.8. The van der Waals surface area contributed by atoms with Crippen molar-refractivity contribution in [3.8, 4) is 0 Å². The SMILES string of the molecule is C=CCNC(=O)c1ccc(NC2CCN(C(=O)OCC)CC2)nc1. The molecule has 1 saturated heterocycles. The van der Waals surface area contributed by atoms with Crippen LogP contribution in [0.4, 0.5) is 10.6 Å². The van der Waals surface area contributed by atoms with Gasteiger partial charge in [-0.25, -0.2) is 9.78 Å². The molecule has 0 atom stereocenters. The van der Waals surface area contributed by atoms with Crippen molar-refractivity contribution in [2.45, 2.75) is 25.8 Å². The Bertz CT molecular complexity index is 566. The predicted octanol–water partition coefficient (Wildman–Crippen LogP) is 2.03. The Morgan fingerprint density at radius 2 is 2.17 bits per heavy atom. The van der Waals surface area contributed by atoms with Gasteiger partial charge in [-0.2, -0.15) is 0 Å². The number of aromatic nitrogens is 1. The molecule has 1 aromatic heterocycles. The van der Waals surface area contributed by atoms with E-state index in [1.165, 1.54) is 0 Å². The molecule has 0 bridgehead atoms. The van der Waals surface area contributed by atoms with Crippen molar-refractivity contribution in [2.24, 2.45) is 0 Å². The molecule has 130 valence electrons. The minimum Gasteiger partial charge on any atom is -0.450 e. The molecule has 7 heteroatoms. The summed E-state index contributed by atoms with van der Waals surface area (Å²) < 4.78 is 5.01. The highest BCUT2D eigenvalue weighted by Crippen LogP contribution is 2.16. The number of hydrogen-bond donors (Lipinski definition) is 2. The fourth-order valence-corrected chi connectivity index (χ4v) is 2.51. The zero-order chi connectivity index (χ0) is 17.4. The van der Waals surface area contributed by atoms with Crippen LogP contribution in [0, 0.1) is 0 Å². The molecule has 1 aliphatic heterocycles. The monoisotopic (exact) mass is 332 g/mol. The molecule has 0 unspecified atom stereocenters. The highest BCUT2D eigenvalue weighted by Gasteiger charge is 2.23. The van der Waals surface area contributed by atoms with Gasteiger partial charge in [-0.05, 0) is 31.9 Å². The van der Waals surface area contributed by atoms with Crippen molar-refractivity contribution in [2.75, 3.05) is 31.6 Å². The van der Waals surface area contributed by atoms with Crippen molar-refractivity contribution in [1.29, 1.82) is 0 Å². The van der Waals surface area contributed by atoms with Crippen LogP contribution in [0.2, 0.25) is 0 Å². The minimum absolute atomic E-state index is 0.170. The molecule has 7 nitrogen and oxygen atoms in total. The third kappa shape index (κ3) is 4.97. The lowest BCUT2D eigenvalue weighted by molar-refractivity contribution is 0.0956. The first-order valence-corrected chi connectivity index (χ1v) is 8.17. The Morgan fingerprint density at radius 3 is 2.75 bits per heavy atom. The van der Waals surface area contributed by atoms with Crippen LogP contribution >= 0.6 is 0 Å². The van der Waals surface area contributed by atoms with E-state index in [2.05, 4.69) is 22.2 Å². The quantitative estimate of drug-likeness (QED) is 0.779. The Morgan fingerprint density at radius 1 is 1.42 bits per heavy atom. The van der Waals surface area contributed by atoms with Crippen molar-refractivity contribution in [1.82, 2.24) is 15.2 Å². The maximum absolute atomic E-state index is 11.8. The van der Waals surface area contributed by atoms with Crippen LogP contribution in [0.5, 0.6) is 0 Å². The van der Waals surface area contributed by atoms with E-state index >= 15 is 0 Å². The van der Waals surface area contributed by atoms with Gasteiger partial charge in [0.15, 0.2) is 0 Å². The standard InChI is InChI=1S/C17H24N4O3/c1-3-9-18-16(22)13-5-6-15(19-12-13)20-14-7-10-21(11-8-14)17(23)24-4-2/h3,5-6,12,14H,1,4,7-11H2,2H3,(H,18,22)(H,19,20). The highest BCUT2D eigenvalue weighted by atomic mass is 16.6. The van der Waals surface area contributed by atoms with E-state index in [4.69, 9.17) is 4.74 Å². The number of rotatable bonds is 6. The number of piperidine rings is 1. The molecule has 1 aromatic rings. The van der Waals surface area contributed by atoms with E-state index in [0.717, 1.165) is 18.7 Å². The molecule has 24 heavy (non-hydrogen) atoms. The first-order valence-electron chi connectivity index (χ1n) is 8.17. The van der Waals surface area contributed by atoms with Gasteiger partial charge in [-0.3, -0.25) is 4.79 Å². The molecule has 0 radical (unpaired) electrons. The van der Waals surface area contributed by atoms with Gasteiger partial charge in [0.25, 0.3) is 5.91 Å². The van der Waals surface area contributed by atoms with Gasteiger partial charge in [-0.15, -0.1) is 6.58 Å². The lowest BCUT2D eigenvalue weighted by Gasteiger charge is -2.31. The molecule has 0 saturated carbocycles.